The minimum Gasteiger partial charge on any atom is -0.365 e. The van der Waals surface area contributed by atoms with Gasteiger partial charge >= 0.3 is 0 Å². The third-order valence-electron chi connectivity index (χ3n) is 1.93. The summed E-state index contributed by atoms with van der Waals surface area (Å²) >= 11 is 13.3. The smallest absolute Gasteiger partial charge is 0.182 e. The van der Waals surface area contributed by atoms with Crippen molar-refractivity contribution in [1.29, 1.82) is 0 Å². The van der Waals surface area contributed by atoms with Crippen molar-refractivity contribution in [3.05, 3.63) is 33.6 Å². The number of anilines is 1. The van der Waals surface area contributed by atoms with Crippen LogP contribution in [-0.4, -0.2) is 12.0 Å². The lowest BCUT2D eigenvalue weighted by molar-refractivity contribution is 1.36. The number of aromatic nitrogens is 1. The van der Waals surface area contributed by atoms with E-state index in [0.717, 1.165) is 16.4 Å². The molecule has 0 saturated heterocycles. The molecule has 1 aromatic carbocycles. The summed E-state index contributed by atoms with van der Waals surface area (Å²) in [6.45, 7) is 0. The van der Waals surface area contributed by atoms with Crippen molar-refractivity contribution in [1.82, 2.24) is 4.98 Å². The Morgan fingerprint density at radius 2 is 2.07 bits per heavy atom. The Kier molecular flexibility index (Phi) is 3.14. The van der Waals surface area contributed by atoms with E-state index in [4.69, 9.17) is 23.2 Å². The van der Waals surface area contributed by atoms with Crippen LogP contribution < -0.4 is 5.32 Å². The molecule has 0 radical (unpaired) electrons. The Morgan fingerprint density at radius 3 is 2.67 bits per heavy atom. The molecule has 1 N–H and O–H groups in total. The zero-order chi connectivity index (χ0) is 10.8. The SMILES string of the molecule is CNc1nc(-c2ccc(Cl)c(Cl)c2)cs1. The third-order valence-corrected chi connectivity index (χ3v) is 3.53. The van der Waals surface area contributed by atoms with Crippen LogP contribution in [0, 0.1) is 0 Å². The van der Waals surface area contributed by atoms with E-state index in [2.05, 4.69) is 10.3 Å². The molecule has 78 valence electrons. The van der Waals surface area contributed by atoms with E-state index in [1.54, 1.807) is 17.4 Å². The van der Waals surface area contributed by atoms with Crippen molar-refractivity contribution < 1.29 is 0 Å². The van der Waals surface area contributed by atoms with Gasteiger partial charge in [-0.1, -0.05) is 29.3 Å². The normalized spacial score (nSPS) is 10.3. The second kappa shape index (κ2) is 4.39. The Morgan fingerprint density at radius 1 is 1.27 bits per heavy atom. The first-order chi connectivity index (χ1) is 7.20. The fourth-order valence-corrected chi connectivity index (χ4v) is 2.16. The van der Waals surface area contributed by atoms with Crippen LogP contribution in [0.25, 0.3) is 11.3 Å². The summed E-state index contributed by atoms with van der Waals surface area (Å²) in [4.78, 5) is 4.38. The van der Waals surface area contributed by atoms with Crippen LogP contribution in [0.1, 0.15) is 0 Å². The van der Waals surface area contributed by atoms with Gasteiger partial charge in [-0.15, -0.1) is 11.3 Å². The fraction of sp³-hybridized carbons (Fsp3) is 0.100. The van der Waals surface area contributed by atoms with Gasteiger partial charge < -0.3 is 5.32 Å². The van der Waals surface area contributed by atoms with Crippen molar-refractivity contribution in [3.8, 4) is 11.3 Å². The number of nitrogens with one attached hydrogen (secondary N) is 1. The summed E-state index contributed by atoms with van der Waals surface area (Å²) < 4.78 is 0. The summed E-state index contributed by atoms with van der Waals surface area (Å²) in [5, 5.41) is 6.96. The zero-order valence-electron chi connectivity index (χ0n) is 7.92. The maximum atomic E-state index is 5.93. The molecular formula is C10H8Cl2N2S. The fourth-order valence-electron chi connectivity index (χ4n) is 1.18. The molecule has 0 saturated carbocycles. The molecule has 1 aromatic heterocycles. The second-order valence-corrected chi connectivity index (χ2v) is 4.59. The predicted octanol–water partition coefficient (Wildman–Crippen LogP) is 4.16. The summed E-state index contributed by atoms with van der Waals surface area (Å²) in [5.74, 6) is 0. The van der Waals surface area contributed by atoms with Crippen molar-refractivity contribution >= 4 is 39.7 Å². The highest BCUT2D eigenvalue weighted by molar-refractivity contribution is 7.14. The van der Waals surface area contributed by atoms with E-state index >= 15 is 0 Å². The summed E-state index contributed by atoms with van der Waals surface area (Å²) in [6.07, 6.45) is 0. The lowest BCUT2D eigenvalue weighted by Gasteiger charge is -1.99. The van der Waals surface area contributed by atoms with Gasteiger partial charge in [0.2, 0.25) is 0 Å². The van der Waals surface area contributed by atoms with Gasteiger partial charge in [0, 0.05) is 18.0 Å². The number of thiazole rings is 1. The van der Waals surface area contributed by atoms with Gasteiger partial charge in [-0.25, -0.2) is 4.98 Å². The first kappa shape index (κ1) is 10.7. The topological polar surface area (TPSA) is 24.9 Å². The summed E-state index contributed by atoms with van der Waals surface area (Å²) in [5.41, 5.74) is 1.88. The molecule has 0 amide bonds. The molecule has 2 rings (SSSR count). The molecule has 5 heteroatoms. The lowest BCUT2D eigenvalue weighted by atomic mass is 10.2. The van der Waals surface area contributed by atoms with Crippen LogP contribution in [-0.2, 0) is 0 Å². The highest BCUT2D eigenvalue weighted by Crippen LogP contribution is 2.30. The van der Waals surface area contributed by atoms with Crippen LogP contribution in [0.5, 0.6) is 0 Å². The molecule has 0 unspecified atom stereocenters. The summed E-state index contributed by atoms with van der Waals surface area (Å²) in [7, 11) is 1.84. The largest absolute Gasteiger partial charge is 0.365 e. The minimum absolute atomic E-state index is 0.549. The minimum atomic E-state index is 0.549. The second-order valence-electron chi connectivity index (χ2n) is 2.92. The molecule has 0 aliphatic rings. The molecule has 0 atom stereocenters. The molecule has 0 aliphatic carbocycles. The molecule has 0 bridgehead atoms. The number of hydrogen-bond acceptors (Lipinski definition) is 3. The number of benzene rings is 1. The van der Waals surface area contributed by atoms with E-state index in [9.17, 15) is 0 Å². The van der Waals surface area contributed by atoms with Crippen molar-refractivity contribution in [2.24, 2.45) is 0 Å². The van der Waals surface area contributed by atoms with Gasteiger partial charge in [-0.3, -0.25) is 0 Å². The van der Waals surface area contributed by atoms with Gasteiger partial charge in [0.25, 0.3) is 0 Å². The van der Waals surface area contributed by atoms with Gasteiger partial charge in [-0.2, -0.15) is 0 Å². The Labute approximate surface area is 102 Å². The van der Waals surface area contributed by atoms with Crippen molar-refractivity contribution in [2.45, 2.75) is 0 Å². The van der Waals surface area contributed by atoms with Gasteiger partial charge in [-0.05, 0) is 12.1 Å². The number of rotatable bonds is 2. The molecule has 2 aromatic rings. The Balaban J connectivity index is 2.40. The van der Waals surface area contributed by atoms with Crippen LogP contribution >= 0.6 is 34.5 Å². The highest BCUT2D eigenvalue weighted by atomic mass is 35.5. The first-order valence-electron chi connectivity index (χ1n) is 4.29. The molecule has 0 fully saturated rings. The van der Waals surface area contributed by atoms with Gasteiger partial charge in [0.05, 0.1) is 15.7 Å². The van der Waals surface area contributed by atoms with Gasteiger partial charge in [0.1, 0.15) is 0 Å². The van der Waals surface area contributed by atoms with Crippen molar-refractivity contribution in [2.75, 3.05) is 12.4 Å². The van der Waals surface area contributed by atoms with Crippen LogP contribution in [0.15, 0.2) is 23.6 Å². The van der Waals surface area contributed by atoms with Crippen molar-refractivity contribution in [3.63, 3.8) is 0 Å². The van der Waals surface area contributed by atoms with Crippen LogP contribution in [0.2, 0.25) is 10.0 Å². The number of hydrogen-bond donors (Lipinski definition) is 1. The Bertz CT molecular complexity index is 482. The molecule has 0 spiro atoms. The maximum absolute atomic E-state index is 5.93. The van der Waals surface area contributed by atoms with Crippen LogP contribution in [0.4, 0.5) is 5.13 Å². The third kappa shape index (κ3) is 2.25. The highest BCUT2D eigenvalue weighted by Gasteiger charge is 2.05. The molecule has 15 heavy (non-hydrogen) atoms. The van der Waals surface area contributed by atoms with E-state index in [0.29, 0.717) is 10.0 Å². The monoisotopic (exact) mass is 258 g/mol. The van der Waals surface area contributed by atoms with E-state index < -0.39 is 0 Å². The molecule has 0 aliphatic heterocycles. The quantitative estimate of drug-likeness (QED) is 0.875. The van der Waals surface area contributed by atoms with E-state index in [1.165, 1.54) is 0 Å². The van der Waals surface area contributed by atoms with E-state index in [1.807, 2.05) is 24.6 Å². The number of nitrogens with zero attached hydrogens (tertiary/aromatic N) is 1. The maximum Gasteiger partial charge on any atom is 0.182 e. The number of halogens is 2. The average Bonchev–Trinajstić information content (AvgIpc) is 2.70. The zero-order valence-corrected chi connectivity index (χ0v) is 10.2. The van der Waals surface area contributed by atoms with Gasteiger partial charge in [0.15, 0.2) is 5.13 Å². The summed E-state index contributed by atoms with van der Waals surface area (Å²) in [6, 6.07) is 5.50. The standard InChI is InChI=1S/C10H8Cl2N2S/c1-13-10-14-9(5-15-10)6-2-3-7(11)8(12)4-6/h2-5H,1H3,(H,13,14). The Hall–Kier alpha value is -0.770. The average molecular weight is 259 g/mol. The molecular weight excluding hydrogens is 251 g/mol. The first-order valence-corrected chi connectivity index (χ1v) is 5.93. The predicted molar refractivity (Wildman–Crippen MR) is 67.1 cm³/mol. The molecule has 2 nitrogen and oxygen atoms in total. The van der Waals surface area contributed by atoms with E-state index in [-0.39, 0.29) is 0 Å². The lowest BCUT2D eigenvalue weighted by Crippen LogP contribution is -1.86. The van der Waals surface area contributed by atoms with Crippen LogP contribution in [0.3, 0.4) is 0 Å². The molecule has 1 heterocycles.